The number of benzene rings is 1. The predicted octanol–water partition coefficient (Wildman–Crippen LogP) is -0.812. The molecular formula is C10H12BF4N. The van der Waals surface area contributed by atoms with Gasteiger partial charge in [-0.2, -0.15) is 0 Å². The molecule has 1 aliphatic rings. The van der Waals surface area contributed by atoms with Crippen molar-refractivity contribution in [2.45, 2.75) is 6.42 Å². The molecule has 0 radical (unpaired) electrons. The second-order valence-corrected chi connectivity index (χ2v) is 3.31. The highest BCUT2D eigenvalue weighted by molar-refractivity contribution is 6.33. The summed E-state index contributed by atoms with van der Waals surface area (Å²) in [7, 11) is -1.55. The van der Waals surface area contributed by atoms with Gasteiger partial charge < -0.3 is 4.70 Å². The zero-order valence-corrected chi connectivity index (χ0v) is 8.84. The molecule has 6 heteroatoms. The maximum Gasteiger partial charge on any atom is 0.762 e. The molecule has 2 rings (SSSR count). The lowest BCUT2D eigenvalue weighted by molar-refractivity contribution is -0.493. The Morgan fingerprint density at radius 3 is 2.38 bits per heavy atom. The van der Waals surface area contributed by atoms with Crippen LogP contribution in [0.25, 0.3) is 0 Å². The highest BCUT2D eigenvalue weighted by Crippen LogP contribution is 2.09. The van der Waals surface area contributed by atoms with E-state index in [1.54, 1.807) is 0 Å². The number of halogens is 4. The summed E-state index contributed by atoms with van der Waals surface area (Å²) in [6.07, 6.45) is 3.39. The summed E-state index contributed by atoms with van der Waals surface area (Å²) in [5.74, 6) is 0. The molecule has 1 nitrogen and oxygen atoms in total. The molecule has 0 amide bonds. The zero-order chi connectivity index (χ0) is 11.3. The fourth-order valence-corrected chi connectivity index (χ4v) is 1.49. The van der Waals surface area contributed by atoms with E-state index in [4.69, 9.17) is 0 Å². The molecule has 0 saturated heterocycles. The zero-order valence-electron chi connectivity index (χ0n) is 8.84. The van der Waals surface area contributed by atoms with Crippen molar-refractivity contribution in [3.8, 4) is 0 Å². The fraction of sp³-hybridized carbons (Fsp3) is 0.300. The average Bonchev–Trinajstić information content (AvgIpc) is 2.16. The molecule has 88 valence electrons. The Labute approximate surface area is 92.2 Å². The summed E-state index contributed by atoms with van der Waals surface area (Å²) in [5.41, 5.74) is 2.85. The Bertz CT molecular complexity index is 352. The van der Waals surface area contributed by atoms with Gasteiger partial charge in [-0.25, -0.2) is 4.58 Å². The van der Waals surface area contributed by atoms with Crippen LogP contribution in [0.15, 0.2) is 24.3 Å². The summed E-state index contributed by atoms with van der Waals surface area (Å²) in [6.45, 7) is 1.15. The highest BCUT2D eigenvalue weighted by atomic mass is 19.4. The molecule has 0 aliphatic carbocycles. The van der Waals surface area contributed by atoms with E-state index in [0.29, 0.717) is 0 Å². The number of hydrogen-bond acceptors (Lipinski definition) is 0. The third-order valence-corrected chi connectivity index (χ3v) is 2.15. The van der Waals surface area contributed by atoms with Crippen molar-refractivity contribution in [2.24, 2.45) is 0 Å². The van der Waals surface area contributed by atoms with E-state index in [0.717, 1.165) is 6.54 Å². The van der Waals surface area contributed by atoms with E-state index in [1.165, 1.54) is 17.5 Å². The van der Waals surface area contributed by atoms with Gasteiger partial charge in [-0.15, -0.1) is 0 Å². The topological polar surface area (TPSA) is 3.01 Å². The molecule has 0 bridgehead atoms. The van der Waals surface area contributed by atoms with Gasteiger partial charge in [-0.05, 0) is 11.6 Å². The molecule has 0 N–H and O–H groups in total. The Kier molecular flexibility index (Phi) is 6.45. The first-order valence-corrected chi connectivity index (χ1v) is 4.65. The summed E-state index contributed by atoms with van der Waals surface area (Å²) in [6, 6.07) is 8.58. The first kappa shape index (κ1) is 14.7. The molecule has 0 spiro atoms. The van der Waals surface area contributed by atoms with Crippen molar-refractivity contribution >= 4 is 13.8 Å². The molecule has 0 unspecified atom stereocenters. The minimum atomic E-state index is -3.67. The van der Waals surface area contributed by atoms with Crippen molar-refractivity contribution < 1.29 is 22.2 Å². The Morgan fingerprint density at radius 2 is 1.75 bits per heavy atom. The maximum absolute atomic E-state index is 9.67. The van der Waals surface area contributed by atoms with E-state index in [1.807, 2.05) is 0 Å². The number of likely N-dealkylation sites (N-methyl/N-ethyl adjacent to an activating group) is 1. The van der Waals surface area contributed by atoms with Crippen LogP contribution in [0.5, 0.6) is 0 Å². The van der Waals surface area contributed by atoms with Gasteiger partial charge in [0.25, 0.3) is 0 Å². The van der Waals surface area contributed by atoms with Crippen molar-refractivity contribution in [3.63, 3.8) is 0 Å². The molecule has 1 aromatic carbocycles. The fourth-order valence-electron chi connectivity index (χ4n) is 1.49. The highest BCUT2D eigenvalue weighted by Gasteiger charge is 2.10. The minimum Gasteiger partial charge on any atom is -1.00 e. The largest absolute Gasteiger partial charge is 1.00 e. The SMILES string of the molecule is C[N+]1=Cc2ccccc2CC1.FB(F)F.[F-]. The van der Waals surface area contributed by atoms with Crippen LogP contribution in [0.2, 0.25) is 0 Å². The van der Waals surface area contributed by atoms with Crippen LogP contribution >= 0.6 is 0 Å². The van der Waals surface area contributed by atoms with E-state index in [9.17, 15) is 12.9 Å². The Morgan fingerprint density at radius 1 is 1.19 bits per heavy atom. The number of hydrogen-bond donors (Lipinski definition) is 0. The van der Waals surface area contributed by atoms with E-state index in [2.05, 4.69) is 42.1 Å². The smallest absolute Gasteiger partial charge is 0.762 e. The first-order chi connectivity index (χ1) is 7.09. The summed E-state index contributed by atoms with van der Waals surface area (Å²) in [4.78, 5) is 0. The maximum atomic E-state index is 9.67. The molecule has 1 aliphatic heterocycles. The van der Waals surface area contributed by atoms with Crippen LogP contribution < -0.4 is 4.70 Å². The van der Waals surface area contributed by atoms with Gasteiger partial charge >= 0.3 is 7.54 Å². The summed E-state index contributed by atoms with van der Waals surface area (Å²) < 4.78 is 31.2. The standard InChI is InChI=1S/C10H12N.BF3.FH/c1-11-7-6-9-4-2-3-5-10(9)8-11;2-1(3)4;/h2-5,8H,6-7H2,1H3;;1H/q+1;;/p-1. The van der Waals surface area contributed by atoms with Gasteiger partial charge in [0.15, 0.2) is 6.21 Å². The third kappa shape index (κ3) is 4.95. The molecular weight excluding hydrogens is 221 g/mol. The molecule has 1 aromatic rings. The quantitative estimate of drug-likeness (QED) is 0.313. The van der Waals surface area contributed by atoms with Crippen molar-refractivity contribution in [1.82, 2.24) is 0 Å². The minimum absolute atomic E-state index is 0. The molecule has 0 aromatic heterocycles. The van der Waals surface area contributed by atoms with Crippen LogP contribution in [0.1, 0.15) is 11.1 Å². The molecule has 16 heavy (non-hydrogen) atoms. The normalized spacial score (nSPS) is 12.4. The van der Waals surface area contributed by atoms with Crippen LogP contribution in [0.4, 0.5) is 12.9 Å². The Hall–Kier alpha value is -1.33. The van der Waals surface area contributed by atoms with Crippen LogP contribution in [0.3, 0.4) is 0 Å². The lowest BCUT2D eigenvalue weighted by Crippen LogP contribution is -3.00. The van der Waals surface area contributed by atoms with E-state index < -0.39 is 7.54 Å². The van der Waals surface area contributed by atoms with Crippen LogP contribution in [-0.2, 0) is 6.42 Å². The summed E-state index contributed by atoms with van der Waals surface area (Å²) in [5, 5.41) is 0. The van der Waals surface area contributed by atoms with Gasteiger partial charge in [0.1, 0.15) is 13.6 Å². The molecule has 0 fully saturated rings. The molecule has 1 heterocycles. The molecule has 0 saturated carbocycles. The second-order valence-electron chi connectivity index (χ2n) is 3.31. The van der Waals surface area contributed by atoms with Crippen LogP contribution in [0, 0.1) is 0 Å². The second kappa shape index (κ2) is 7.03. The van der Waals surface area contributed by atoms with Crippen molar-refractivity contribution in [1.29, 1.82) is 0 Å². The van der Waals surface area contributed by atoms with Gasteiger partial charge in [0, 0.05) is 12.0 Å². The van der Waals surface area contributed by atoms with Crippen molar-refractivity contribution in [3.05, 3.63) is 35.4 Å². The van der Waals surface area contributed by atoms with Crippen LogP contribution in [-0.4, -0.2) is 31.9 Å². The monoisotopic (exact) mass is 233 g/mol. The number of rotatable bonds is 0. The van der Waals surface area contributed by atoms with E-state index in [-0.39, 0.29) is 4.70 Å². The predicted molar refractivity (Wildman–Crippen MR) is 55.4 cm³/mol. The lowest BCUT2D eigenvalue weighted by atomic mass is 10.0. The average molecular weight is 233 g/mol. The number of nitrogens with zero attached hydrogens (tertiary/aromatic N) is 1. The van der Waals surface area contributed by atoms with Gasteiger partial charge in [0.05, 0.1) is 0 Å². The molecule has 0 atom stereocenters. The lowest BCUT2D eigenvalue weighted by Gasteiger charge is -2.08. The number of fused-ring (bicyclic) bond motifs is 1. The summed E-state index contributed by atoms with van der Waals surface area (Å²) >= 11 is 0. The van der Waals surface area contributed by atoms with E-state index >= 15 is 0 Å². The van der Waals surface area contributed by atoms with Crippen molar-refractivity contribution in [2.75, 3.05) is 13.6 Å². The van der Waals surface area contributed by atoms with Gasteiger partial charge in [-0.3, -0.25) is 12.9 Å². The van der Waals surface area contributed by atoms with Gasteiger partial charge in [0.2, 0.25) is 0 Å². The third-order valence-electron chi connectivity index (χ3n) is 2.15. The Balaban J connectivity index is 0.000000397. The van der Waals surface area contributed by atoms with Gasteiger partial charge in [-0.1, -0.05) is 18.2 Å². The first-order valence-electron chi connectivity index (χ1n) is 4.65.